The first-order valence-electron chi connectivity index (χ1n) is 5.82. The monoisotopic (exact) mass is 292 g/mol. The first-order chi connectivity index (χ1) is 7.61. The summed E-state index contributed by atoms with van der Waals surface area (Å²) in [6.07, 6.45) is 1.94. The van der Waals surface area contributed by atoms with E-state index < -0.39 is 0 Å². The minimum Gasteiger partial charge on any atom is -0.391 e. The van der Waals surface area contributed by atoms with Gasteiger partial charge in [-0.05, 0) is 31.8 Å². The van der Waals surface area contributed by atoms with Crippen molar-refractivity contribution in [2.75, 3.05) is 31.5 Å². The fourth-order valence-corrected chi connectivity index (χ4v) is 2.21. The Hall–Kier alpha value is -0.130. The van der Waals surface area contributed by atoms with Gasteiger partial charge in [0.05, 0.1) is 6.10 Å². The van der Waals surface area contributed by atoms with Gasteiger partial charge in [0.1, 0.15) is 0 Å². The number of aliphatic hydroxyl groups is 1. The molecule has 0 radical (unpaired) electrons. The zero-order valence-corrected chi connectivity index (χ0v) is 11.4. The molecule has 1 rings (SSSR count). The molecule has 0 bridgehead atoms. The minimum atomic E-state index is -0.271. The Morgan fingerprint density at radius 1 is 1.56 bits per heavy atom. The average Bonchev–Trinajstić information content (AvgIpc) is 2.28. The number of likely N-dealkylation sites (tertiary alicyclic amines) is 1. The van der Waals surface area contributed by atoms with Crippen molar-refractivity contribution in [3.05, 3.63) is 0 Å². The Morgan fingerprint density at radius 3 is 2.69 bits per heavy atom. The zero-order chi connectivity index (χ0) is 12.0. The number of halogens is 1. The van der Waals surface area contributed by atoms with Gasteiger partial charge in [0.25, 0.3) is 0 Å². The van der Waals surface area contributed by atoms with Crippen molar-refractivity contribution in [2.45, 2.75) is 25.9 Å². The topological polar surface area (TPSA) is 52.6 Å². The van der Waals surface area contributed by atoms with Crippen LogP contribution in [0.3, 0.4) is 0 Å². The van der Waals surface area contributed by atoms with E-state index in [-0.39, 0.29) is 12.0 Å². The molecular formula is C11H21BrN2O2. The number of piperidine rings is 1. The number of aliphatic hydroxyl groups excluding tert-OH is 1. The van der Waals surface area contributed by atoms with E-state index in [1.54, 1.807) is 6.92 Å². The molecule has 1 saturated heterocycles. The molecule has 4 nitrogen and oxygen atoms in total. The fourth-order valence-electron chi connectivity index (χ4n) is 2.01. The second-order valence-corrected chi connectivity index (χ2v) is 5.14. The number of hydrogen-bond donors (Lipinski definition) is 2. The highest BCUT2D eigenvalue weighted by atomic mass is 79.9. The number of β-amino-alcohol motifs (C(OH)–C–C–N with tert-alkyl or cyclic N) is 1. The Balaban J connectivity index is 2.15. The zero-order valence-electron chi connectivity index (χ0n) is 9.79. The molecule has 0 aromatic rings. The number of amides is 1. The number of carbonyl (C=O) groups excluding carboxylic acids is 1. The summed E-state index contributed by atoms with van der Waals surface area (Å²) in [6.45, 7) is 5.15. The SMILES string of the molecule is CC(=O)NCC1CCN(CC(O)CBr)CC1. The van der Waals surface area contributed by atoms with Crippen LogP contribution in [-0.4, -0.2) is 53.5 Å². The summed E-state index contributed by atoms with van der Waals surface area (Å²) in [7, 11) is 0. The molecule has 0 saturated carbocycles. The molecule has 0 spiro atoms. The maximum atomic E-state index is 10.8. The number of nitrogens with zero attached hydrogens (tertiary/aromatic N) is 1. The standard InChI is InChI=1S/C11H21BrN2O2/c1-9(15)13-7-10-2-4-14(5-3-10)8-11(16)6-12/h10-11,16H,2-8H2,1H3,(H,13,15). The second-order valence-electron chi connectivity index (χ2n) is 4.49. The number of rotatable bonds is 5. The van der Waals surface area contributed by atoms with Gasteiger partial charge in [-0.1, -0.05) is 15.9 Å². The van der Waals surface area contributed by atoms with Gasteiger partial charge in [-0.3, -0.25) is 4.79 Å². The smallest absolute Gasteiger partial charge is 0.216 e. The van der Waals surface area contributed by atoms with Crippen molar-refractivity contribution in [1.29, 1.82) is 0 Å². The lowest BCUT2D eigenvalue weighted by molar-refractivity contribution is -0.119. The van der Waals surface area contributed by atoms with E-state index in [9.17, 15) is 9.90 Å². The Bertz CT molecular complexity index is 218. The maximum Gasteiger partial charge on any atom is 0.216 e. The van der Waals surface area contributed by atoms with Crippen LogP contribution in [0.2, 0.25) is 0 Å². The van der Waals surface area contributed by atoms with Gasteiger partial charge in [-0.15, -0.1) is 0 Å². The summed E-state index contributed by atoms with van der Waals surface area (Å²) >= 11 is 3.27. The van der Waals surface area contributed by atoms with Gasteiger partial charge >= 0.3 is 0 Å². The fraction of sp³-hybridized carbons (Fsp3) is 0.909. The molecule has 0 aliphatic carbocycles. The Labute approximate surface area is 106 Å². The lowest BCUT2D eigenvalue weighted by atomic mass is 9.96. The molecule has 1 atom stereocenters. The van der Waals surface area contributed by atoms with Crippen molar-refractivity contribution in [1.82, 2.24) is 10.2 Å². The van der Waals surface area contributed by atoms with Crippen molar-refractivity contribution in [3.63, 3.8) is 0 Å². The molecule has 1 amide bonds. The number of carbonyl (C=O) groups is 1. The van der Waals surface area contributed by atoms with Crippen LogP contribution in [0.25, 0.3) is 0 Å². The van der Waals surface area contributed by atoms with Gasteiger partial charge in [-0.2, -0.15) is 0 Å². The summed E-state index contributed by atoms with van der Waals surface area (Å²) in [5, 5.41) is 13.0. The maximum absolute atomic E-state index is 10.8. The van der Waals surface area contributed by atoms with Gasteiger partial charge in [0.15, 0.2) is 0 Å². The molecule has 16 heavy (non-hydrogen) atoms. The predicted molar refractivity (Wildman–Crippen MR) is 67.6 cm³/mol. The van der Waals surface area contributed by atoms with Crippen LogP contribution in [0.5, 0.6) is 0 Å². The molecule has 1 aliphatic heterocycles. The Kier molecular flexibility index (Phi) is 6.31. The first kappa shape index (κ1) is 13.9. The van der Waals surface area contributed by atoms with E-state index in [2.05, 4.69) is 26.1 Å². The highest BCUT2D eigenvalue weighted by Crippen LogP contribution is 2.16. The van der Waals surface area contributed by atoms with Crippen LogP contribution in [0.1, 0.15) is 19.8 Å². The lowest BCUT2D eigenvalue weighted by Gasteiger charge is -2.32. The van der Waals surface area contributed by atoms with Crippen LogP contribution in [0, 0.1) is 5.92 Å². The highest BCUT2D eigenvalue weighted by molar-refractivity contribution is 9.09. The second kappa shape index (κ2) is 7.25. The first-order valence-corrected chi connectivity index (χ1v) is 6.94. The van der Waals surface area contributed by atoms with Crippen molar-refractivity contribution in [3.8, 4) is 0 Å². The average molecular weight is 293 g/mol. The predicted octanol–water partition coefficient (Wildman–Crippen LogP) is 0.590. The normalized spacial score (nSPS) is 20.7. The largest absolute Gasteiger partial charge is 0.391 e. The van der Waals surface area contributed by atoms with Crippen molar-refractivity contribution < 1.29 is 9.90 Å². The van der Waals surface area contributed by atoms with Crippen molar-refractivity contribution >= 4 is 21.8 Å². The van der Waals surface area contributed by atoms with Crippen LogP contribution in [-0.2, 0) is 4.79 Å². The van der Waals surface area contributed by atoms with Crippen LogP contribution in [0.15, 0.2) is 0 Å². The summed E-state index contributed by atoms with van der Waals surface area (Å²) < 4.78 is 0. The quantitative estimate of drug-likeness (QED) is 0.730. The van der Waals surface area contributed by atoms with E-state index >= 15 is 0 Å². The molecule has 2 N–H and O–H groups in total. The van der Waals surface area contributed by atoms with Crippen LogP contribution >= 0.6 is 15.9 Å². The lowest BCUT2D eigenvalue weighted by Crippen LogP contribution is -2.41. The van der Waals surface area contributed by atoms with Gasteiger partial charge < -0.3 is 15.3 Å². The summed E-state index contributed by atoms with van der Waals surface area (Å²) in [5.41, 5.74) is 0. The third kappa shape index (κ3) is 5.27. The van der Waals surface area contributed by atoms with E-state index in [0.717, 1.165) is 39.0 Å². The summed E-state index contributed by atoms with van der Waals surface area (Å²) in [4.78, 5) is 13.1. The minimum absolute atomic E-state index is 0.0529. The molecule has 0 aromatic heterocycles. The molecule has 0 aromatic carbocycles. The number of nitrogens with one attached hydrogen (secondary N) is 1. The van der Waals surface area contributed by atoms with Gasteiger partial charge in [0.2, 0.25) is 5.91 Å². The van der Waals surface area contributed by atoms with Crippen LogP contribution < -0.4 is 5.32 Å². The molecule has 5 heteroatoms. The van der Waals surface area contributed by atoms with E-state index in [1.165, 1.54) is 0 Å². The Morgan fingerprint density at radius 2 is 2.19 bits per heavy atom. The summed E-state index contributed by atoms with van der Waals surface area (Å²) in [6, 6.07) is 0. The molecule has 1 heterocycles. The van der Waals surface area contributed by atoms with Gasteiger partial charge in [0, 0.05) is 25.3 Å². The van der Waals surface area contributed by atoms with E-state index in [4.69, 9.17) is 0 Å². The third-order valence-corrected chi connectivity index (χ3v) is 3.74. The summed E-state index contributed by atoms with van der Waals surface area (Å²) in [5.74, 6) is 0.651. The van der Waals surface area contributed by atoms with Crippen LogP contribution in [0.4, 0.5) is 0 Å². The number of hydrogen-bond acceptors (Lipinski definition) is 3. The molecule has 1 aliphatic rings. The van der Waals surface area contributed by atoms with Crippen molar-refractivity contribution in [2.24, 2.45) is 5.92 Å². The highest BCUT2D eigenvalue weighted by Gasteiger charge is 2.20. The molecular weight excluding hydrogens is 272 g/mol. The molecule has 1 unspecified atom stereocenters. The third-order valence-electron chi connectivity index (χ3n) is 2.99. The molecule has 1 fully saturated rings. The number of alkyl halides is 1. The van der Waals surface area contributed by atoms with Gasteiger partial charge in [-0.25, -0.2) is 0 Å². The van der Waals surface area contributed by atoms with E-state index in [1.807, 2.05) is 0 Å². The molecule has 94 valence electrons. The van der Waals surface area contributed by atoms with E-state index in [0.29, 0.717) is 11.2 Å².